The van der Waals surface area contributed by atoms with Crippen molar-refractivity contribution in [1.82, 2.24) is 9.91 Å². The van der Waals surface area contributed by atoms with Gasteiger partial charge in [-0.25, -0.2) is 9.80 Å². The average Bonchev–Trinajstić information content (AvgIpc) is 3.24. The van der Waals surface area contributed by atoms with Gasteiger partial charge in [0.25, 0.3) is 5.91 Å². The molecule has 0 aliphatic carbocycles. The van der Waals surface area contributed by atoms with E-state index in [1.54, 1.807) is 0 Å². The molecule has 2 N–H and O–H groups in total. The summed E-state index contributed by atoms with van der Waals surface area (Å²) in [6, 6.07) is 5.23. The SMILES string of the molecule is NCCC(=O)N1C(=O)CN(/N=C/c2ccc(-c3ccc(Cl)c(C(F)(F)F)c3)o2)C1=O. The molecule has 12 heteroatoms. The van der Waals surface area contributed by atoms with Gasteiger partial charge in [0.05, 0.1) is 16.8 Å². The monoisotopic (exact) mass is 442 g/mol. The Labute approximate surface area is 172 Å². The summed E-state index contributed by atoms with van der Waals surface area (Å²) in [6.45, 7) is -0.458. The van der Waals surface area contributed by atoms with Crippen molar-refractivity contribution in [3.63, 3.8) is 0 Å². The molecule has 1 saturated heterocycles. The van der Waals surface area contributed by atoms with E-state index in [0.717, 1.165) is 23.4 Å². The number of hydrogen-bond donors (Lipinski definition) is 1. The van der Waals surface area contributed by atoms with Crippen LogP contribution in [0.2, 0.25) is 5.02 Å². The largest absolute Gasteiger partial charge is 0.455 e. The molecule has 1 fully saturated rings. The topological polar surface area (TPSA) is 109 Å². The van der Waals surface area contributed by atoms with Gasteiger partial charge in [-0.15, -0.1) is 0 Å². The second-order valence-corrected chi connectivity index (χ2v) is 6.55. The lowest BCUT2D eigenvalue weighted by atomic mass is 10.1. The first-order chi connectivity index (χ1) is 14.1. The molecular formula is C18H14ClF3N4O4. The van der Waals surface area contributed by atoms with Crippen LogP contribution in [0.25, 0.3) is 11.3 Å². The van der Waals surface area contributed by atoms with Gasteiger partial charge in [-0.1, -0.05) is 11.6 Å². The third kappa shape index (κ3) is 4.36. The van der Waals surface area contributed by atoms with Crippen LogP contribution in [0.4, 0.5) is 18.0 Å². The minimum atomic E-state index is -4.63. The fraction of sp³-hybridized carbons (Fsp3) is 0.222. The van der Waals surface area contributed by atoms with E-state index >= 15 is 0 Å². The van der Waals surface area contributed by atoms with Crippen LogP contribution in [-0.4, -0.2) is 47.1 Å². The van der Waals surface area contributed by atoms with E-state index < -0.39 is 41.2 Å². The van der Waals surface area contributed by atoms with Gasteiger partial charge in [0.15, 0.2) is 0 Å². The number of amides is 4. The van der Waals surface area contributed by atoms with Crippen LogP contribution in [-0.2, 0) is 15.8 Å². The fourth-order valence-corrected chi connectivity index (χ4v) is 2.88. The maximum Gasteiger partial charge on any atom is 0.417 e. The van der Waals surface area contributed by atoms with Crippen molar-refractivity contribution < 1.29 is 32.0 Å². The smallest absolute Gasteiger partial charge is 0.417 e. The highest BCUT2D eigenvalue weighted by molar-refractivity contribution is 6.31. The van der Waals surface area contributed by atoms with Gasteiger partial charge >= 0.3 is 12.2 Å². The van der Waals surface area contributed by atoms with Crippen molar-refractivity contribution in [1.29, 1.82) is 0 Å². The molecule has 0 spiro atoms. The molecule has 0 unspecified atom stereocenters. The summed E-state index contributed by atoms with van der Waals surface area (Å²) in [4.78, 5) is 36.3. The van der Waals surface area contributed by atoms with E-state index in [2.05, 4.69) is 5.10 Å². The number of imide groups is 3. The average molecular weight is 443 g/mol. The Hall–Kier alpha value is -3.18. The van der Waals surface area contributed by atoms with Gasteiger partial charge in [-0.05, 0) is 30.3 Å². The Balaban J connectivity index is 1.77. The van der Waals surface area contributed by atoms with E-state index in [0.29, 0.717) is 4.90 Å². The van der Waals surface area contributed by atoms with Gasteiger partial charge in [-0.3, -0.25) is 9.59 Å². The molecule has 1 aliphatic heterocycles. The van der Waals surface area contributed by atoms with Crippen molar-refractivity contribution in [3.05, 3.63) is 46.7 Å². The highest BCUT2D eigenvalue weighted by Crippen LogP contribution is 2.37. The fourth-order valence-electron chi connectivity index (χ4n) is 2.66. The molecule has 2 heterocycles. The van der Waals surface area contributed by atoms with E-state index in [4.69, 9.17) is 21.8 Å². The molecule has 3 rings (SSSR count). The summed E-state index contributed by atoms with van der Waals surface area (Å²) in [5.41, 5.74) is 4.39. The third-order valence-corrected chi connectivity index (χ3v) is 4.39. The van der Waals surface area contributed by atoms with Crippen LogP contribution in [0, 0.1) is 0 Å². The molecule has 0 radical (unpaired) electrons. The molecule has 2 aromatic rings. The summed E-state index contributed by atoms with van der Waals surface area (Å²) in [6.07, 6.45) is -3.69. The minimum Gasteiger partial charge on any atom is -0.455 e. The Morgan fingerprint density at radius 3 is 2.67 bits per heavy atom. The van der Waals surface area contributed by atoms with Crippen LogP contribution < -0.4 is 5.73 Å². The predicted octanol–water partition coefficient (Wildman–Crippen LogP) is 3.09. The van der Waals surface area contributed by atoms with E-state index in [-0.39, 0.29) is 30.0 Å². The minimum absolute atomic E-state index is 0.0188. The standard InChI is InChI=1S/C18H14ClF3N4O4/c19-13-3-1-10(7-12(13)18(20,21)22)14-4-2-11(30-14)8-24-25-9-16(28)26(17(25)29)15(27)5-6-23/h1-4,7-8H,5-6,9,23H2/b24-8+. The quantitative estimate of drug-likeness (QED) is 0.565. The second-order valence-electron chi connectivity index (χ2n) is 6.14. The molecule has 1 aliphatic rings. The zero-order chi connectivity index (χ0) is 22.1. The van der Waals surface area contributed by atoms with Crippen LogP contribution in [0.1, 0.15) is 17.7 Å². The molecule has 1 aromatic heterocycles. The normalized spacial score (nSPS) is 15.0. The number of furan rings is 1. The Bertz CT molecular complexity index is 1030. The summed E-state index contributed by atoms with van der Waals surface area (Å²) in [5.74, 6) is -1.24. The van der Waals surface area contributed by atoms with Crippen molar-refractivity contribution in [2.75, 3.05) is 13.1 Å². The number of nitrogens with zero attached hydrogens (tertiary/aromatic N) is 3. The lowest BCUT2D eigenvalue weighted by Crippen LogP contribution is -2.38. The number of carbonyl (C=O) groups is 3. The lowest BCUT2D eigenvalue weighted by molar-refractivity contribution is -0.139. The third-order valence-electron chi connectivity index (χ3n) is 4.06. The lowest BCUT2D eigenvalue weighted by Gasteiger charge is -2.11. The summed E-state index contributed by atoms with van der Waals surface area (Å²) >= 11 is 5.60. The number of carbonyl (C=O) groups excluding carboxylic acids is 3. The maximum atomic E-state index is 13.0. The predicted molar refractivity (Wildman–Crippen MR) is 99.4 cm³/mol. The molecule has 0 saturated carbocycles. The number of hydrogen-bond acceptors (Lipinski definition) is 6. The number of alkyl halides is 3. The van der Waals surface area contributed by atoms with Crippen molar-refractivity contribution in [2.24, 2.45) is 10.8 Å². The van der Waals surface area contributed by atoms with Gasteiger partial charge in [-0.2, -0.15) is 23.2 Å². The van der Waals surface area contributed by atoms with Crippen LogP contribution in [0.3, 0.4) is 0 Å². The maximum absolute atomic E-state index is 13.0. The Kier molecular flexibility index (Phi) is 5.94. The first-order valence-corrected chi connectivity index (χ1v) is 8.88. The number of benzene rings is 1. The van der Waals surface area contributed by atoms with Crippen LogP contribution >= 0.6 is 11.6 Å². The highest BCUT2D eigenvalue weighted by atomic mass is 35.5. The molecule has 0 bridgehead atoms. The van der Waals surface area contributed by atoms with Gasteiger partial charge < -0.3 is 10.2 Å². The molecule has 158 valence electrons. The molecular weight excluding hydrogens is 429 g/mol. The number of hydrazone groups is 1. The summed E-state index contributed by atoms with van der Waals surface area (Å²) in [7, 11) is 0. The van der Waals surface area contributed by atoms with E-state index in [9.17, 15) is 27.6 Å². The van der Waals surface area contributed by atoms with Crippen molar-refractivity contribution in [2.45, 2.75) is 12.6 Å². The summed E-state index contributed by atoms with van der Waals surface area (Å²) < 4.78 is 44.5. The highest BCUT2D eigenvalue weighted by Gasteiger charge is 2.40. The van der Waals surface area contributed by atoms with Crippen molar-refractivity contribution >= 4 is 35.7 Å². The first-order valence-electron chi connectivity index (χ1n) is 8.50. The van der Waals surface area contributed by atoms with Crippen molar-refractivity contribution in [3.8, 4) is 11.3 Å². The number of nitrogens with two attached hydrogens (primary N) is 1. The number of urea groups is 1. The molecule has 1 aromatic carbocycles. The zero-order valence-electron chi connectivity index (χ0n) is 15.1. The molecule has 4 amide bonds. The molecule has 8 nitrogen and oxygen atoms in total. The molecule has 0 atom stereocenters. The number of halogens is 4. The first kappa shape index (κ1) is 21.5. The van der Waals surface area contributed by atoms with Crippen LogP contribution in [0.5, 0.6) is 0 Å². The van der Waals surface area contributed by atoms with Crippen LogP contribution in [0.15, 0.2) is 39.9 Å². The summed E-state index contributed by atoms with van der Waals surface area (Å²) in [5, 5.41) is 4.14. The van der Waals surface area contributed by atoms with E-state index in [1.807, 2.05) is 0 Å². The second kappa shape index (κ2) is 8.28. The van der Waals surface area contributed by atoms with Gasteiger partial charge in [0.1, 0.15) is 18.1 Å². The van der Waals surface area contributed by atoms with Gasteiger partial charge in [0, 0.05) is 18.5 Å². The number of rotatable bonds is 5. The Morgan fingerprint density at radius 2 is 2.00 bits per heavy atom. The van der Waals surface area contributed by atoms with Gasteiger partial charge in [0.2, 0.25) is 5.91 Å². The Morgan fingerprint density at radius 1 is 1.27 bits per heavy atom. The zero-order valence-corrected chi connectivity index (χ0v) is 15.9. The van der Waals surface area contributed by atoms with E-state index in [1.165, 1.54) is 18.2 Å². The molecule has 30 heavy (non-hydrogen) atoms.